The van der Waals surface area contributed by atoms with E-state index in [9.17, 15) is 9.59 Å². The third-order valence-corrected chi connectivity index (χ3v) is 4.38. The van der Waals surface area contributed by atoms with Gasteiger partial charge < -0.3 is 10.4 Å². The summed E-state index contributed by atoms with van der Waals surface area (Å²) < 4.78 is 1.72. The Morgan fingerprint density at radius 1 is 1.62 bits per heavy atom. The molecular weight excluding hydrogens is 290 g/mol. The Morgan fingerprint density at radius 2 is 2.33 bits per heavy atom. The maximum Gasteiger partial charge on any atom is 0.326 e. The Bertz CT molecular complexity index is 667. The summed E-state index contributed by atoms with van der Waals surface area (Å²) in [5.41, 5.74) is 0.851. The van der Waals surface area contributed by atoms with Crippen molar-refractivity contribution in [2.24, 2.45) is 7.05 Å². The monoisotopic (exact) mass is 307 g/mol. The number of carboxylic acid groups (broad SMARTS) is 1. The minimum Gasteiger partial charge on any atom is -0.480 e. The number of carbonyl (C=O) groups excluding carboxylic acids is 1. The summed E-state index contributed by atoms with van der Waals surface area (Å²) in [4.78, 5) is 24.7. The average Bonchev–Trinajstić information content (AvgIpc) is 2.97. The number of aliphatic carboxylic acids is 1. The lowest BCUT2D eigenvalue weighted by molar-refractivity contribution is -0.139. The third kappa shape index (κ3) is 3.13. The second-order valence-corrected chi connectivity index (χ2v) is 5.80. The van der Waals surface area contributed by atoms with Crippen molar-refractivity contribution < 1.29 is 14.7 Å². The van der Waals surface area contributed by atoms with Gasteiger partial charge in [0.25, 0.3) is 5.91 Å². The van der Waals surface area contributed by atoms with Gasteiger partial charge in [-0.1, -0.05) is 6.08 Å². The summed E-state index contributed by atoms with van der Waals surface area (Å²) in [5.74, 6) is -1.41. The van der Waals surface area contributed by atoms with Gasteiger partial charge in [0.2, 0.25) is 0 Å². The average molecular weight is 307 g/mol. The molecule has 1 atom stereocenters. The highest BCUT2D eigenvalue weighted by molar-refractivity contribution is 7.20. The summed E-state index contributed by atoms with van der Waals surface area (Å²) in [6.07, 6.45) is 2.50. The second-order valence-electron chi connectivity index (χ2n) is 4.77. The minimum atomic E-state index is -1.04. The number of aromatic nitrogens is 2. The van der Waals surface area contributed by atoms with Crippen LogP contribution in [-0.2, 0) is 11.8 Å². The highest BCUT2D eigenvalue weighted by atomic mass is 32.1. The van der Waals surface area contributed by atoms with Crippen LogP contribution in [0.25, 0.3) is 10.2 Å². The van der Waals surface area contributed by atoms with E-state index in [2.05, 4.69) is 17.0 Å². The highest BCUT2D eigenvalue weighted by Gasteiger charge is 2.22. The number of rotatable bonds is 6. The van der Waals surface area contributed by atoms with Crippen molar-refractivity contribution in [1.82, 2.24) is 15.1 Å². The van der Waals surface area contributed by atoms with Crippen LogP contribution in [0.5, 0.6) is 0 Å². The molecule has 1 amide bonds. The number of allylic oxidation sites excluding steroid dienone is 1. The first-order valence-corrected chi connectivity index (χ1v) is 7.33. The molecule has 0 aliphatic rings. The lowest BCUT2D eigenvalue weighted by Gasteiger charge is -2.12. The Labute approximate surface area is 126 Å². The molecule has 2 aromatic rings. The first-order valence-electron chi connectivity index (χ1n) is 6.51. The number of hydrogen-bond acceptors (Lipinski definition) is 4. The molecule has 0 spiro atoms. The lowest BCUT2D eigenvalue weighted by atomic mass is 10.1. The van der Waals surface area contributed by atoms with Crippen LogP contribution in [0.3, 0.4) is 0 Å². The summed E-state index contributed by atoms with van der Waals surface area (Å²) in [6, 6.07) is 0.851. The maximum absolute atomic E-state index is 12.2. The number of carboxylic acids is 1. The molecular formula is C14H17N3O3S. The minimum absolute atomic E-state index is 0.329. The molecule has 2 N–H and O–H groups in total. The van der Waals surface area contributed by atoms with Crippen LogP contribution in [-0.4, -0.2) is 32.8 Å². The predicted octanol–water partition coefficient (Wildman–Crippen LogP) is 2.09. The van der Waals surface area contributed by atoms with Crippen LogP contribution in [0.4, 0.5) is 0 Å². The molecule has 0 fully saturated rings. The molecule has 0 aliphatic carbocycles. The van der Waals surface area contributed by atoms with Crippen LogP contribution in [0.1, 0.15) is 28.2 Å². The van der Waals surface area contributed by atoms with E-state index in [0.717, 1.165) is 15.9 Å². The third-order valence-electron chi connectivity index (χ3n) is 3.18. The summed E-state index contributed by atoms with van der Waals surface area (Å²) in [5, 5.41) is 16.9. The van der Waals surface area contributed by atoms with Crippen molar-refractivity contribution in [2.45, 2.75) is 25.8 Å². The van der Waals surface area contributed by atoms with Crippen LogP contribution in [0.15, 0.2) is 18.7 Å². The van der Waals surface area contributed by atoms with Crippen molar-refractivity contribution >= 4 is 33.4 Å². The van der Waals surface area contributed by atoms with Gasteiger partial charge in [-0.15, -0.1) is 17.9 Å². The van der Waals surface area contributed by atoms with E-state index in [4.69, 9.17) is 5.11 Å². The SMILES string of the molecule is C=CCCC(NC(=O)c1cc2c(C)nn(C)c2s1)C(=O)O. The van der Waals surface area contributed by atoms with Crippen molar-refractivity contribution in [1.29, 1.82) is 0 Å². The fraction of sp³-hybridized carbons (Fsp3) is 0.357. The standard InChI is InChI=1S/C14H17N3O3S/c1-4-5-6-10(14(19)20)15-12(18)11-7-9-8(2)16-17(3)13(9)21-11/h4,7,10H,1,5-6H2,2-3H3,(H,15,18)(H,19,20). The quantitative estimate of drug-likeness (QED) is 0.800. The van der Waals surface area contributed by atoms with Gasteiger partial charge in [-0.3, -0.25) is 9.48 Å². The van der Waals surface area contributed by atoms with E-state index >= 15 is 0 Å². The molecule has 0 aromatic carbocycles. The molecule has 0 saturated heterocycles. The van der Waals surface area contributed by atoms with E-state index in [1.54, 1.807) is 16.8 Å². The highest BCUT2D eigenvalue weighted by Crippen LogP contribution is 2.27. The molecule has 112 valence electrons. The molecule has 21 heavy (non-hydrogen) atoms. The molecule has 0 saturated carbocycles. The molecule has 2 heterocycles. The van der Waals surface area contributed by atoms with E-state index in [0.29, 0.717) is 17.7 Å². The number of fused-ring (bicyclic) bond motifs is 1. The topological polar surface area (TPSA) is 84.2 Å². The van der Waals surface area contributed by atoms with Gasteiger partial charge in [-0.25, -0.2) is 4.79 Å². The van der Waals surface area contributed by atoms with Gasteiger partial charge in [0.05, 0.1) is 10.6 Å². The van der Waals surface area contributed by atoms with Crippen molar-refractivity contribution in [3.8, 4) is 0 Å². The zero-order chi connectivity index (χ0) is 15.6. The van der Waals surface area contributed by atoms with Crippen LogP contribution in [0, 0.1) is 6.92 Å². The van der Waals surface area contributed by atoms with Crippen molar-refractivity contribution in [3.63, 3.8) is 0 Å². The number of thiophene rings is 1. The fourth-order valence-corrected chi connectivity index (χ4v) is 3.11. The summed E-state index contributed by atoms with van der Waals surface area (Å²) in [7, 11) is 1.82. The molecule has 2 aromatic heterocycles. The van der Waals surface area contributed by atoms with Crippen molar-refractivity contribution in [3.05, 3.63) is 29.3 Å². The molecule has 7 heteroatoms. The normalized spacial score (nSPS) is 12.3. The molecule has 0 radical (unpaired) electrons. The van der Waals surface area contributed by atoms with Crippen LogP contribution < -0.4 is 5.32 Å². The Balaban J connectivity index is 2.19. The number of nitrogens with zero attached hydrogens (tertiary/aromatic N) is 2. The van der Waals surface area contributed by atoms with E-state index in [1.165, 1.54) is 11.3 Å². The van der Waals surface area contributed by atoms with Gasteiger partial charge in [-0.2, -0.15) is 5.10 Å². The fourth-order valence-electron chi connectivity index (χ4n) is 2.09. The number of carbonyl (C=O) groups is 2. The smallest absolute Gasteiger partial charge is 0.326 e. The van der Waals surface area contributed by atoms with Gasteiger partial charge >= 0.3 is 5.97 Å². The summed E-state index contributed by atoms with van der Waals surface area (Å²) >= 11 is 1.31. The Kier molecular flexibility index (Phi) is 4.42. The molecule has 1 unspecified atom stereocenters. The zero-order valence-electron chi connectivity index (χ0n) is 11.9. The molecule has 6 nitrogen and oxygen atoms in total. The number of amides is 1. The van der Waals surface area contributed by atoms with Gasteiger partial charge in [0, 0.05) is 12.4 Å². The van der Waals surface area contributed by atoms with E-state index in [1.807, 2.05) is 14.0 Å². The van der Waals surface area contributed by atoms with E-state index in [-0.39, 0.29) is 5.91 Å². The Morgan fingerprint density at radius 3 is 2.90 bits per heavy atom. The van der Waals surface area contributed by atoms with Crippen molar-refractivity contribution in [2.75, 3.05) is 0 Å². The Hall–Kier alpha value is -2.15. The number of aryl methyl sites for hydroxylation is 2. The van der Waals surface area contributed by atoms with Crippen LogP contribution in [0.2, 0.25) is 0 Å². The molecule has 0 bridgehead atoms. The predicted molar refractivity (Wildman–Crippen MR) is 81.6 cm³/mol. The van der Waals surface area contributed by atoms with Gasteiger partial charge in [0.1, 0.15) is 10.9 Å². The maximum atomic E-state index is 12.2. The number of nitrogens with one attached hydrogen (secondary N) is 1. The van der Waals surface area contributed by atoms with Gasteiger partial charge in [0.15, 0.2) is 0 Å². The summed E-state index contributed by atoms with van der Waals surface area (Å²) in [6.45, 7) is 5.43. The lowest BCUT2D eigenvalue weighted by Crippen LogP contribution is -2.40. The van der Waals surface area contributed by atoms with E-state index < -0.39 is 12.0 Å². The first kappa shape index (κ1) is 15.2. The largest absolute Gasteiger partial charge is 0.480 e. The molecule has 2 rings (SSSR count). The first-order chi connectivity index (χ1) is 9.93. The van der Waals surface area contributed by atoms with Crippen LogP contribution >= 0.6 is 11.3 Å². The van der Waals surface area contributed by atoms with Gasteiger partial charge in [-0.05, 0) is 25.8 Å². The molecule has 0 aliphatic heterocycles. The number of hydrogen-bond donors (Lipinski definition) is 2. The second kappa shape index (κ2) is 6.09. The zero-order valence-corrected chi connectivity index (χ0v) is 12.7.